The smallest absolute Gasteiger partial charge is 0.119 e. The molecule has 3 aliphatic rings. The van der Waals surface area contributed by atoms with Crippen LogP contribution in [-0.4, -0.2) is 60.9 Å². The maximum absolute atomic E-state index is 10.1. The van der Waals surface area contributed by atoms with E-state index in [0.29, 0.717) is 43.6 Å². The van der Waals surface area contributed by atoms with Crippen LogP contribution in [-0.2, 0) is 15.9 Å². The Morgan fingerprint density at radius 1 is 0.930 bits per heavy atom. The van der Waals surface area contributed by atoms with Crippen LogP contribution >= 0.6 is 11.6 Å². The lowest BCUT2D eigenvalue weighted by Crippen LogP contribution is -2.33. The van der Waals surface area contributed by atoms with Gasteiger partial charge in [-0.15, -0.1) is 0 Å². The lowest BCUT2D eigenvalue weighted by Gasteiger charge is -2.32. The second-order valence-corrected chi connectivity index (χ2v) is 10.8. The summed E-state index contributed by atoms with van der Waals surface area (Å²) in [5.74, 6) is 0.831. The van der Waals surface area contributed by atoms with E-state index in [0.717, 1.165) is 28.5 Å². The molecule has 2 aliphatic heterocycles. The lowest BCUT2D eigenvalue weighted by molar-refractivity contribution is -0.113. The summed E-state index contributed by atoms with van der Waals surface area (Å²) in [4.78, 5) is 0. The first-order chi connectivity index (χ1) is 21.0. The molecule has 2 aromatic carbocycles. The van der Waals surface area contributed by atoms with E-state index in [9.17, 15) is 10.2 Å². The van der Waals surface area contributed by atoms with Gasteiger partial charge in [-0.3, -0.25) is 0 Å². The predicted octanol–water partition coefficient (Wildman–Crippen LogP) is 8.29. The normalized spacial score (nSPS) is 22.3. The molecule has 2 saturated heterocycles. The Morgan fingerprint density at radius 3 is 2.19 bits per heavy atom. The number of nitrogens with one attached hydrogen (secondary N) is 1. The zero-order chi connectivity index (χ0) is 32.0. The van der Waals surface area contributed by atoms with Crippen LogP contribution < -0.4 is 10.1 Å². The summed E-state index contributed by atoms with van der Waals surface area (Å²) in [5, 5.41) is 23.6. The summed E-state index contributed by atoms with van der Waals surface area (Å²) >= 11 is 6.45. The summed E-state index contributed by atoms with van der Waals surface area (Å²) in [6, 6.07) is 14.7. The highest BCUT2D eigenvalue weighted by Gasteiger charge is 2.29. The molecule has 5 rings (SSSR count). The fraction of sp³-hybridized carbons (Fsp3) is 0.667. The van der Waals surface area contributed by atoms with E-state index < -0.39 is 6.10 Å². The Bertz CT molecular complexity index is 947. The minimum absolute atomic E-state index is 0.0882. The van der Waals surface area contributed by atoms with Crippen LogP contribution in [0.3, 0.4) is 0 Å². The minimum Gasteiger partial charge on any atom is -0.491 e. The molecule has 246 valence electrons. The molecule has 0 aromatic heterocycles. The fourth-order valence-corrected chi connectivity index (χ4v) is 5.07. The highest BCUT2D eigenvalue weighted by molar-refractivity contribution is 6.31. The Balaban J connectivity index is 0.000000603. The molecule has 2 heterocycles. The molecule has 0 amide bonds. The van der Waals surface area contributed by atoms with Crippen LogP contribution in [0.5, 0.6) is 5.75 Å². The average Bonchev–Trinajstić information content (AvgIpc) is 3.74. The van der Waals surface area contributed by atoms with Gasteiger partial charge in [-0.1, -0.05) is 84.3 Å². The number of benzene rings is 2. The quantitative estimate of drug-likeness (QED) is 0.232. The molecule has 7 heteroatoms. The van der Waals surface area contributed by atoms with E-state index in [2.05, 4.69) is 12.2 Å². The van der Waals surface area contributed by atoms with Crippen molar-refractivity contribution in [1.29, 1.82) is 0 Å². The molecular weight excluding hydrogens is 562 g/mol. The van der Waals surface area contributed by atoms with Gasteiger partial charge in [0.15, 0.2) is 0 Å². The average molecular weight is 622 g/mol. The van der Waals surface area contributed by atoms with Crippen LogP contribution in [0.15, 0.2) is 42.5 Å². The van der Waals surface area contributed by atoms with Crippen molar-refractivity contribution in [1.82, 2.24) is 5.32 Å². The first kappa shape index (κ1) is 39.4. The summed E-state index contributed by atoms with van der Waals surface area (Å²) < 4.78 is 17.3. The van der Waals surface area contributed by atoms with Gasteiger partial charge in [-0.25, -0.2) is 0 Å². The Labute approximate surface area is 267 Å². The molecule has 1 saturated carbocycles. The summed E-state index contributed by atoms with van der Waals surface area (Å²) in [6.45, 7) is 16.6. The Hall–Kier alpha value is -1.67. The Kier molecular flexibility index (Phi) is 21.7. The van der Waals surface area contributed by atoms with Gasteiger partial charge < -0.3 is 29.7 Å². The molecule has 3 fully saturated rings. The molecular formula is C36H60ClNO5. The third-order valence-corrected chi connectivity index (χ3v) is 7.59. The summed E-state index contributed by atoms with van der Waals surface area (Å²) in [5.41, 5.74) is 3.11. The topological polar surface area (TPSA) is 80.2 Å². The second kappa shape index (κ2) is 23.7. The van der Waals surface area contributed by atoms with Crippen molar-refractivity contribution >= 4 is 11.6 Å². The van der Waals surface area contributed by atoms with E-state index in [1.54, 1.807) is 0 Å². The number of halogens is 1. The van der Waals surface area contributed by atoms with Crippen LogP contribution in [0, 0.1) is 0 Å². The number of hydrogen-bond donors (Lipinski definition) is 3. The number of hydrogen-bond acceptors (Lipinski definition) is 6. The van der Waals surface area contributed by atoms with Crippen molar-refractivity contribution in [2.24, 2.45) is 0 Å². The number of aliphatic hydroxyl groups is 2. The zero-order valence-corrected chi connectivity index (χ0v) is 28.7. The largest absolute Gasteiger partial charge is 0.491 e. The van der Waals surface area contributed by atoms with Crippen LogP contribution in [0.4, 0.5) is 0 Å². The molecule has 2 aromatic rings. The van der Waals surface area contributed by atoms with Crippen LogP contribution in [0.2, 0.25) is 5.02 Å². The van der Waals surface area contributed by atoms with Gasteiger partial charge in [0.2, 0.25) is 0 Å². The van der Waals surface area contributed by atoms with Crippen molar-refractivity contribution in [2.45, 2.75) is 130 Å². The van der Waals surface area contributed by atoms with Crippen molar-refractivity contribution < 1.29 is 24.4 Å². The zero-order valence-electron chi connectivity index (χ0n) is 27.9. The maximum atomic E-state index is 10.1. The van der Waals surface area contributed by atoms with Gasteiger partial charge in [-0.2, -0.15) is 0 Å². The Morgan fingerprint density at radius 2 is 1.63 bits per heavy atom. The van der Waals surface area contributed by atoms with Crippen LogP contribution in [0.1, 0.15) is 116 Å². The summed E-state index contributed by atoms with van der Waals surface area (Å²) in [7, 11) is 0. The SMILES string of the molecule is CC.CC.CC.CCC1CCCN1.OCC1CC(O)CC(c2ccc(Cl)c(Cc3ccc(OCCOC4CC4)cc3)c2)O1. The third kappa shape index (κ3) is 15.3. The molecule has 4 atom stereocenters. The standard InChI is InChI=1S/C24H29ClO5.C6H13N.3C2H6/c25-23-8-3-17(24-14-19(27)13-22(15-26)30-24)12-18(23)11-16-1-4-20(5-2-16)28-9-10-29-21-6-7-21;1-2-6-4-3-5-7-6;3*1-2/h1-5,8,12,19,21-22,24,26-27H,6-7,9-11,13-15H2;6-7H,2-5H2,1H3;3*1-2H3. The number of rotatable bonds is 10. The first-order valence-corrected chi connectivity index (χ1v) is 17.2. The van der Waals surface area contributed by atoms with Crippen molar-refractivity contribution in [2.75, 3.05) is 26.4 Å². The summed E-state index contributed by atoms with van der Waals surface area (Å²) in [6.07, 6.45) is 7.53. The first-order valence-electron chi connectivity index (χ1n) is 16.8. The van der Waals surface area contributed by atoms with Gasteiger partial charge in [0.05, 0.1) is 37.6 Å². The molecule has 0 spiro atoms. The molecule has 3 N–H and O–H groups in total. The van der Waals surface area contributed by atoms with Crippen molar-refractivity contribution in [3.05, 3.63) is 64.2 Å². The van der Waals surface area contributed by atoms with Crippen LogP contribution in [0.25, 0.3) is 0 Å². The maximum Gasteiger partial charge on any atom is 0.119 e. The van der Waals surface area contributed by atoms with E-state index in [4.69, 9.17) is 25.8 Å². The third-order valence-electron chi connectivity index (χ3n) is 7.23. The van der Waals surface area contributed by atoms with Gasteiger partial charge in [0.25, 0.3) is 0 Å². The number of aliphatic hydroxyl groups excluding tert-OH is 2. The molecule has 4 unspecified atom stereocenters. The molecule has 1 aliphatic carbocycles. The second-order valence-electron chi connectivity index (χ2n) is 10.3. The monoisotopic (exact) mass is 621 g/mol. The molecule has 0 bridgehead atoms. The highest BCUT2D eigenvalue weighted by Crippen LogP contribution is 2.34. The molecule has 43 heavy (non-hydrogen) atoms. The van der Waals surface area contributed by atoms with E-state index in [1.165, 1.54) is 38.6 Å². The van der Waals surface area contributed by atoms with E-state index >= 15 is 0 Å². The van der Waals surface area contributed by atoms with Crippen molar-refractivity contribution in [3.8, 4) is 5.75 Å². The van der Waals surface area contributed by atoms with Gasteiger partial charge >= 0.3 is 0 Å². The number of ether oxygens (including phenoxy) is 3. The van der Waals surface area contributed by atoms with E-state index in [1.807, 2.05) is 84.0 Å². The van der Waals surface area contributed by atoms with Gasteiger partial charge in [-0.05, 0) is 80.0 Å². The van der Waals surface area contributed by atoms with Gasteiger partial charge in [0.1, 0.15) is 12.4 Å². The van der Waals surface area contributed by atoms with Crippen molar-refractivity contribution in [3.63, 3.8) is 0 Å². The molecule has 6 nitrogen and oxygen atoms in total. The predicted molar refractivity (Wildman–Crippen MR) is 180 cm³/mol. The van der Waals surface area contributed by atoms with E-state index in [-0.39, 0.29) is 18.8 Å². The fourth-order valence-electron chi connectivity index (χ4n) is 4.89. The van der Waals surface area contributed by atoms with Gasteiger partial charge in [0, 0.05) is 23.9 Å². The molecule has 0 radical (unpaired) electrons. The minimum atomic E-state index is -0.470. The highest BCUT2D eigenvalue weighted by atomic mass is 35.5. The lowest BCUT2D eigenvalue weighted by atomic mass is 9.94.